The van der Waals surface area contributed by atoms with Crippen molar-refractivity contribution in [1.29, 1.82) is 0 Å². The first-order valence-electron chi connectivity index (χ1n) is 11.5. The van der Waals surface area contributed by atoms with Gasteiger partial charge in [-0.25, -0.2) is 26.3 Å². The average Bonchev–Trinajstić information content (AvgIpc) is 2.98. The fourth-order valence-corrected chi connectivity index (χ4v) is 7.43. The van der Waals surface area contributed by atoms with Crippen molar-refractivity contribution in [2.24, 2.45) is 11.8 Å². The Kier molecular flexibility index (Phi) is 8.18. The van der Waals surface area contributed by atoms with E-state index in [9.17, 15) is 36.6 Å². The number of hydrogen-bond acceptors (Lipinski definition) is 6. The van der Waals surface area contributed by atoms with Gasteiger partial charge in [0.1, 0.15) is 0 Å². The highest BCUT2D eigenvalue weighted by atomic mass is 35.5. The van der Waals surface area contributed by atoms with Gasteiger partial charge in [-0.05, 0) is 55.7 Å². The molecule has 2 aromatic carbocycles. The zero-order chi connectivity index (χ0) is 27.1. The molecule has 2 aromatic rings. The first kappa shape index (κ1) is 28.2. The number of benzene rings is 2. The number of fused-ring (bicyclic) bond motifs is 2. The third-order valence-electron chi connectivity index (χ3n) is 7.07. The van der Waals surface area contributed by atoms with Crippen LogP contribution in [-0.2, 0) is 10.0 Å². The van der Waals surface area contributed by atoms with E-state index in [1.54, 1.807) is 6.07 Å². The minimum Gasteiger partial charge on any atom is -0.389 e. The van der Waals surface area contributed by atoms with E-state index < -0.39 is 45.1 Å². The largest absolute Gasteiger partial charge is 0.389 e. The van der Waals surface area contributed by atoms with Crippen LogP contribution in [0, 0.1) is 29.3 Å². The Labute approximate surface area is 221 Å². The number of anilines is 1. The van der Waals surface area contributed by atoms with Crippen molar-refractivity contribution in [3.63, 3.8) is 0 Å². The Hall–Kier alpha value is -1.83. The lowest BCUT2D eigenvalue weighted by atomic mass is 9.71. The van der Waals surface area contributed by atoms with Crippen LogP contribution < -0.4 is 10.0 Å². The summed E-state index contributed by atoms with van der Waals surface area (Å²) in [7, 11) is -3.52. The summed E-state index contributed by atoms with van der Waals surface area (Å²) in [4.78, 5) is 13.3. The fourth-order valence-electron chi connectivity index (χ4n) is 5.32. The van der Waals surface area contributed by atoms with E-state index in [4.69, 9.17) is 11.6 Å². The van der Waals surface area contributed by atoms with Gasteiger partial charge in [-0.3, -0.25) is 4.79 Å². The predicted molar refractivity (Wildman–Crippen MR) is 135 cm³/mol. The van der Waals surface area contributed by atoms with E-state index in [-0.39, 0.29) is 34.9 Å². The summed E-state index contributed by atoms with van der Waals surface area (Å²) in [5, 5.41) is 24.7. The van der Waals surface area contributed by atoms with Crippen LogP contribution in [0.2, 0.25) is 5.02 Å². The number of hydrogen-bond donors (Lipinski definition) is 4. The number of aliphatic hydroxyl groups is 2. The summed E-state index contributed by atoms with van der Waals surface area (Å²) >= 11 is 7.80. The minimum absolute atomic E-state index is 0.0175. The molecule has 2 bridgehead atoms. The third kappa shape index (κ3) is 6.10. The summed E-state index contributed by atoms with van der Waals surface area (Å²) < 4.78 is 65.2. The number of thioether (sulfide) groups is 1. The molecule has 13 heteroatoms. The van der Waals surface area contributed by atoms with Crippen LogP contribution in [0.15, 0.2) is 35.2 Å². The summed E-state index contributed by atoms with van der Waals surface area (Å²) in [6.45, 7) is -0.273. The molecule has 202 valence electrons. The molecule has 5 atom stereocenters. The molecule has 1 amide bonds. The number of rotatable bonds is 8. The molecular formula is C24H26ClF3N2O5S2. The minimum atomic E-state index is -3.52. The SMILES string of the molecule is CS(=O)(=O)NCC(O)[C@@]1(O)C2CC[C@H]1C[C@H](Sc1cc(C(=O)Nc3cc(F)c(F)c(F)c3)ccc1Cl)C2. The zero-order valence-corrected chi connectivity index (χ0v) is 22.1. The van der Waals surface area contributed by atoms with Crippen LogP contribution in [0.3, 0.4) is 0 Å². The molecular weight excluding hydrogens is 553 g/mol. The smallest absolute Gasteiger partial charge is 0.255 e. The Morgan fingerprint density at radius 2 is 1.76 bits per heavy atom. The van der Waals surface area contributed by atoms with Gasteiger partial charge >= 0.3 is 0 Å². The summed E-state index contributed by atoms with van der Waals surface area (Å²) in [6, 6.07) is 5.89. The molecule has 0 aromatic heterocycles. The summed E-state index contributed by atoms with van der Waals surface area (Å²) in [5.74, 6) is -5.62. The quantitative estimate of drug-likeness (QED) is 0.353. The fraction of sp³-hybridized carbons (Fsp3) is 0.458. The van der Waals surface area contributed by atoms with Gasteiger partial charge in [0.15, 0.2) is 17.5 Å². The van der Waals surface area contributed by atoms with Gasteiger partial charge in [-0.15, -0.1) is 11.8 Å². The Balaban J connectivity index is 1.45. The van der Waals surface area contributed by atoms with E-state index in [1.165, 1.54) is 23.9 Å². The van der Waals surface area contributed by atoms with Crippen molar-refractivity contribution in [3.8, 4) is 0 Å². The molecule has 7 nitrogen and oxygen atoms in total. The number of carbonyl (C=O) groups is 1. The highest BCUT2D eigenvalue weighted by molar-refractivity contribution is 8.00. The van der Waals surface area contributed by atoms with Gasteiger partial charge in [0, 0.05) is 40.1 Å². The molecule has 0 heterocycles. The zero-order valence-electron chi connectivity index (χ0n) is 19.7. The second-order valence-corrected chi connectivity index (χ2v) is 13.1. The van der Waals surface area contributed by atoms with Crippen molar-refractivity contribution in [3.05, 3.63) is 58.4 Å². The van der Waals surface area contributed by atoms with E-state index in [0.29, 0.717) is 47.7 Å². The van der Waals surface area contributed by atoms with Gasteiger partial charge in [0.25, 0.3) is 5.91 Å². The number of nitrogens with one attached hydrogen (secondary N) is 2. The molecule has 2 aliphatic carbocycles. The Morgan fingerprint density at radius 1 is 1.16 bits per heavy atom. The Bertz CT molecular complexity index is 1280. The van der Waals surface area contributed by atoms with Crippen molar-refractivity contribution in [2.45, 2.75) is 47.5 Å². The number of amides is 1. The maximum Gasteiger partial charge on any atom is 0.255 e. The maximum absolute atomic E-state index is 13.5. The summed E-state index contributed by atoms with van der Waals surface area (Å²) in [6.07, 6.45) is 2.22. The average molecular weight is 579 g/mol. The molecule has 0 saturated heterocycles. The molecule has 2 saturated carbocycles. The molecule has 0 spiro atoms. The molecule has 37 heavy (non-hydrogen) atoms. The van der Waals surface area contributed by atoms with Crippen molar-refractivity contribution in [2.75, 3.05) is 18.1 Å². The normalized spacial score (nSPS) is 26.2. The van der Waals surface area contributed by atoms with Crippen molar-refractivity contribution >= 4 is 45.0 Å². The maximum atomic E-state index is 13.5. The van der Waals surface area contributed by atoms with Gasteiger partial charge in [0.2, 0.25) is 10.0 Å². The van der Waals surface area contributed by atoms with Gasteiger partial charge in [-0.1, -0.05) is 11.6 Å². The lowest BCUT2D eigenvalue weighted by Gasteiger charge is -2.45. The highest BCUT2D eigenvalue weighted by Gasteiger charge is 2.57. The van der Waals surface area contributed by atoms with Crippen LogP contribution in [0.1, 0.15) is 36.0 Å². The summed E-state index contributed by atoms with van der Waals surface area (Å²) in [5.41, 5.74) is -1.47. The molecule has 0 aliphatic heterocycles. The molecule has 4 rings (SSSR count). The van der Waals surface area contributed by atoms with E-state index in [2.05, 4.69) is 10.0 Å². The van der Waals surface area contributed by atoms with Crippen molar-refractivity contribution < 1.29 is 36.6 Å². The van der Waals surface area contributed by atoms with Gasteiger partial charge in [0.05, 0.1) is 23.0 Å². The number of carbonyl (C=O) groups excluding carboxylic acids is 1. The van der Waals surface area contributed by atoms with Crippen LogP contribution in [0.4, 0.5) is 18.9 Å². The first-order valence-corrected chi connectivity index (χ1v) is 14.7. The number of sulfonamides is 1. The topological polar surface area (TPSA) is 116 Å². The van der Waals surface area contributed by atoms with E-state index >= 15 is 0 Å². The molecule has 0 radical (unpaired) electrons. The number of aliphatic hydroxyl groups excluding tert-OH is 1. The standard InChI is InChI=1S/C24H26ClF3N2O5S2/c1-37(34,35)29-11-21(31)24(33)13-3-4-14(24)8-16(7-13)36-20-6-12(2-5-17(20)25)23(32)30-15-9-18(26)22(28)19(27)10-15/h2,5-6,9-10,13-14,16,21,29,31,33H,3-4,7-8,11H2,1H3,(H,30,32)/t13-,14?,16-,21?,24-/m0/s1. The van der Waals surface area contributed by atoms with E-state index in [0.717, 1.165) is 6.26 Å². The Morgan fingerprint density at radius 3 is 2.32 bits per heavy atom. The lowest BCUT2D eigenvalue weighted by Crippen LogP contribution is -2.57. The van der Waals surface area contributed by atoms with E-state index in [1.807, 2.05) is 0 Å². The van der Waals surface area contributed by atoms with Crippen LogP contribution in [-0.4, -0.2) is 54.3 Å². The second-order valence-electron chi connectivity index (χ2n) is 9.56. The van der Waals surface area contributed by atoms with Crippen molar-refractivity contribution in [1.82, 2.24) is 4.72 Å². The molecule has 4 N–H and O–H groups in total. The van der Waals surface area contributed by atoms with Gasteiger partial charge in [-0.2, -0.15) is 0 Å². The molecule has 2 aliphatic rings. The molecule has 2 fully saturated rings. The van der Waals surface area contributed by atoms with Gasteiger partial charge < -0.3 is 15.5 Å². The second kappa shape index (κ2) is 10.7. The van der Waals surface area contributed by atoms with Crippen LogP contribution >= 0.6 is 23.4 Å². The molecule has 2 unspecified atom stereocenters. The highest BCUT2D eigenvalue weighted by Crippen LogP contribution is 2.54. The number of halogens is 4. The van der Waals surface area contributed by atoms with Crippen LogP contribution in [0.5, 0.6) is 0 Å². The first-order chi connectivity index (χ1) is 17.3. The monoisotopic (exact) mass is 578 g/mol. The van der Waals surface area contributed by atoms with Crippen LogP contribution in [0.25, 0.3) is 0 Å². The predicted octanol–water partition coefficient (Wildman–Crippen LogP) is 3.93. The lowest BCUT2D eigenvalue weighted by molar-refractivity contribution is -0.138. The third-order valence-corrected chi connectivity index (χ3v) is 9.51.